The summed E-state index contributed by atoms with van der Waals surface area (Å²) >= 11 is 0. The molecule has 1 aliphatic rings. The molecular formula is C18H30ClN3O5S. The summed E-state index contributed by atoms with van der Waals surface area (Å²) in [5.41, 5.74) is 0. The fraction of sp³-hybridized carbons (Fsp3) is 0.611. The number of rotatable bonds is 10. The minimum atomic E-state index is -3.83. The fourth-order valence-corrected chi connectivity index (χ4v) is 4.05. The molecule has 28 heavy (non-hydrogen) atoms. The van der Waals surface area contributed by atoms with Crippen molar-refractivity contribution < 1.29 is 22.7 Å². The third-order valence-corrected chi connectivity index (χ3v) is 5.77. The van der Waals surface area contributed by atoms with E-state index in [2.05, 4.69) is 10.0 Å². The van der Waals surface area contributed by atoms with Gasteiger partial charge in [-0.3, -0.25) is 4.79 Å². The van der Waals surface area contributed by atoms with Gasteiger partial charge in [0.1, 0.15) is 0 Å². The van der Waals surface area contributed by atoms with E-state index in [9.17, 15) is 13.2 Å². The molecule has 1 aliphatic heterocycles. The molecule has 0 aliphatic carbocycles. The van der Waals surface area contributed by atoms with Crippen molar-refractivity contribution in [3.05, 3.63) is 18.2 Å². The molecule has 1 amide bonds. The Morgan fingerprint density at radius 3 is 2.54 bits per heavy atom. The summed E-state index contributed by atoms with van der Waals surface area (Å²) in [5, 5.41) is 3.10. The Morgan fingerprint density at radius 1 is 1.21 bits per heavy atom. The maximum absolute atomic E-state index is 12.6. The molecule has 0 saturated carbocycles. The van der Waals surface area contributed by atoms with Crippen LogP contribution >= 0.6 is 12.4 Å². The Labute approximate surface area is 173 Å². The first kappa shape index (κ1) is 24.5. The summed E-state index contributed by atoms with van der Waals surface area (Å²) < 4.78 is 38.4. The number of carbonyl (C=O) groups is 1. The first-order valence-corrected chi connectivity index (χ1v) is 10.7. The van der Waals surface area contributed by atoms with Gasteiger partial charge in [0.15, 0.2) is 11.5 Å². The number of hydrogen-bond acceptors (Lipinski definition) is 6. The average molecular weight is 436 g/mol. The molecule has 10 heteroatoms. The van der Waals surface area contributed by atoms with Crippen molar-refractivity contribution in [2.45, 2.75) is 25.2 Å². The molecule has 160 valence electrons. The van der Waals surface area contributed by atoms with Gasteiger partial charge in [-0.15, -0.1) is 12.4 Å². The molecule has 1 unspecified atom stereocenters. The summed E-state index contributed by atoms with van der Waals surface area (Å²) in [6.07, 6.45) is 0.927. The van der Waals surface area contributed by atoms with E-state index in [1.54, 1.807) is 11.0 Å². The molecule has 1 saturated heterocycles. The molecule has 1 atom stereocenters. The SMILES string of the molecule is CCOc1ccc(S(=O)(=O)NCC(=O)N2CCC(CNC)C2)cc1OCC.Cl. The highest BCUT2D eigenvalue weighted by molar-refractivity contribution is 7.89. The van der Waals surface area contributed by atoms with Gasteiger partial charge >= 0.3 is 0 Å². The normalized spacial score (nSPS) is 16.5. The molecule has 1 heterocycles. The Kier molecular flexibility index (Phi) is 10.0. The van der Waals surface area contributed by atoms with Crippen LogP contribution in [0.25, 0.3) is 0 Å². The number of amides is 1. The van der Waals surface area contributed by atoms with Crippen molar-refractivity contribution in [1.29, 1.82) is 0 Å². The lowest BCUT2D eigenvalue weighted by atomic mass is 10.1. The van der Waals surface area contributed by atoms with Gasteiger partial charge < -0.3 is 19.7 Å². The molecule has 1 aromatic rings. The molecule has 0 spiro atoms. The zero-order valence-corrected chi connectivity index (χ0v) is 18.2. The number of benzene rings is 1. The molecule has 0 bridgehead atoms. The number of carbonyl (C=O) groups excluding carboxylic acids is 1. The first-order chi connectivity index (χ1) is 12.9. The van der Waals surface area contributed by atoms with E-state index in [0.717, 1.165) is 13.0 Å². The minimum Gasteiger partial charge on any atom is -0.490 e. The molecule has 0 radical (unpaired) electrons. The number of halogens is 1. The third kappa shape index (κ3) is 6.51. The topological polar surface area (TPSA) is 97.0 Å². The van der Waals surface area contributed by atoms with Gasteiger partial charge in [0.05, 0.1) is 24.7 Å². The van der Waals surface area contributed by atoms with Gasteiger partial charge in [0, 0.05) is 19.2 Å². The lowest BCUT2D eigenvalue weighted by Crippen LogP contribution is -2.39. The Bertz CT molecular complexity index is 745. The second-order valence-corrected chi connectivity index (χ2v) is 8.12. The second kappa shape index (κ2) is 11.5. The van der Waals surface area contributed by atoms with E-state index in [-0.39, 0.29) is 29.8 Å². The molecule has 1 aromatic carbocycles. The van der Waals surface area contributed by atoms with Crippen LogP contribution in [-0.4, -0.2) is 65.7 Å². The van der Waals surface area contributed by atoms with E-state index >= 15 is 0 Å². The third-order valence-electron chi connectivity index (χ3n) is 4.37. The summed E-state index contributed by atoms with van der Waals surface area (Å²) in [4.78, 5) is 14.1. The summed E-state index contributed by atoms with van der Waals surface area (Å²) in [6.45, 7) is 6.39. The molecule has 2 N–H and O–H groups in total. The van der Waals surface area contributed by atoms with Gasteiger partial charge in [-0.05, 0) is 51.9 Å². The summed E-state index contributed by atoms with van der Waals surface area (Å²) in [6, 6.07) is 4.42. The van der Waals surface area contributed by atoms with Crippen LogP contribution in [0, 0.1) is 5.92 Å². The first-order valence-electron chi connectivity index (χ1n) is 9.23. The number of nitrogens with one attached hydrogen (secondary N) is 2. The number of hydrogen-bond donors (Lipinski definition) is 2. The molecule has 2 rings (SSSR count). The standard InChI is InChI=1S/C18H29N3O5S.ClH/c1-4-25-16-7-6-15(10-17(16)26-5-2)27(23,24)20-12-18(22)21-9-8-14(13-21)11-19-3;/h6-7,10,14,19-20H,4-5,8-9,11-13H2,1-3H3;1H. The molecule has 1 fully saturated rings. The number of nitrogens with zero attached hydrogens (tertiary/aromatic N) is 1. The largest absolute Gasteiger partial charge is 0.490 e. The monoisotopic (exact) mass is 435 g/mol. The van der Waals surface area contributed by atoms with Crippen molar-refractivity contribution in [1.82, 2.24) is 14.9 Å². The van der Waals surface area contributed by atoms with Gasteiger partial charge in [-0.2, -0.15) is 0 Å². The number of ether oxygens (including phenoxy) is 2. The van der Waals surface area contributed by atoms with Crippen LogP contribution in [0.3, 0.4) is 0 Å². The van der Waals surface area contributed by atoms with Crippen LogP contribution in [0.1, 0.15) is 20.3 Å². The quantitative estimate of drug-likeness (QED) is 0.574. The smallest absolute Gasteiger partial charge is 0.241 e. The molecule has 0 aromatic heterocycles. The van der Waals surface area contributed by atoms with E-state index in [0.29, 0.717) is 43.7 Å². The highest BCUT2D eigenvalue weighted by atomic mass is 35.5. The van der Waals surface area contributed by atoms with E-state index < -0.39 is 10.0 Å². The molecule has 8 nitrogen and oxygen atoms in total. The zero-order valence-electron chi connectivity index (χ0n) is 16.6. The lowest BCUT2D eigenvalue weighted by Gasteiger charge is -2.17. The van der Waals surface area contributed by atoms with Crippen molar-refractivity contribution in [2.24, 2.45) is 5.92 Å². The number of likely N-dealkylation sites (tertiary alicyclic amines) is 1. The van der Waals surface area contributed by atoms with Crippen molar-refractivity contribution in [2.75, 3.05) is 46.4 Å². The zero-order chi connectivity index (χ0) is 19.9. The molecular weight excluding hydrogens is 406 g/mol. The highest BCUT2D eigenvalue weighted by Crippen LogP contribution is 2.30. The predicted octanol–water partition coefficient (Wildman–Crippen LogP) is 1.25. The van der Waals surface area contributed by atoms with Gasteiger partial charge in [0.25, 0.3) is 0 Å². The summed E-state index contributed by atoms with van der Waals surface area (Å²) in [7, 11) is -1.95. The van der Waals surface area contributed by atoms with Crippen molar-refractivity contribution >= 4 is 28.3 Å². The Hall–Kier alpha value is -1.55. The lowest BCUT2D eigenvalue weighted by molar-refractivity contribution is -0.129. The van der Waals surface area contributed by atoms with E-state index in [1.807, 2.05) is 20.9 Å². The van der Waals surface area contributed by atoms with Crippen LogP contribution in [-0.2, 0) is 14.8 Å². The van der Waals surface area contributed by atoms with E-state index in [4.69, 9.17) is 9.47 Å². The van der Waals surface area contributed by atoms with E-state index in [1.165, 1.54) is 12.1 Å². The van der Waals surface area contributed by atoms with Gasteiger partial charge in [-0.1, -0.05) is 0 Å². The van der Waals surface area contributed by atoms with Crippen molar-refractivity contribution in [3.63, 3.8) is 0 Å². The van der Waals surface area contributed by atoms with Crippen LogP contribution in [0.15, 0.2) is 23.1 Å². The van der Waals surface area contributed by atoms with Crippen LogP contribution in [0.2, 0.25) is 0 Å². The minimum absolute atomic E-state index is 0. The highest BCUT2D eigenvalue weighted by Gasteiger charge is 2.27. The van der Waals surface area contributed by atoms with Crippen molar-refractivity contribution in [3.8, 4) is 11.5 Å². The fourth-order valence-electron chi connectivity index (χ4n) is 3.06. The Balaban J connectivity index is 0.00000392. The van der Waals surface area contributed by atoms with Crippen LogP contribution < -0.4 is 19.5 Å². The van der Waals surface area contributed by atoms with Gasteiger partial charge in [0.2, 0.25) is 15.9 Å². The second-order valence-electron chi connectivity index (χ2n) is 6.35. The summed E-state index contributed by atoms with van der Waals surface area (Å²) in [5.74, 6) is 1.05. The average Bonchev–Trinajstić information content (AvgIpc) is 3.10. The number of sulfonamides is 1. The maximum atomic E-state index is 12.6. The predicted molar refractivity (Wildman–Crippen MR) is 110 cm³/mol. The Morgan fingerprint density at radius 2 is 1.89 bits per heavy atom. The van der Waals surface area contributed by atoms with Crippen LogP contribution in [0.4, 0.5) is 0 Å². The van der Waals surface area contributed by atoms with Gasteiger partial charge in [-0.25, -0.2) is 13.1 Å². The van der Waals surface area contributed by atoms with Crippen LogP contribution in [0.5, 0.6) is 11.5 Å². The maximum Gasteiger partial charge on any atom is 0.241 e.